The number of ether oxygens (including phenoxy) is 1. The lowest BCUT2D eigenvalue weighted by Gasteiger charge is -2.09. The fourth-order valence-corrected chi connectivity index (χ4v) is 2.15. The molecule has 0 unspecified atom stereocenters. The lowest BCUT2D eigenvalue weighted by molar-refractivity contribution is -0.122. The Morgan fingerprint density at radius 2 is 2.44 bits per heavy atom. The molecule has 1 aromatic heterocycles. The third kappa shape index (κ3) is 4.49. The molecule has 0 saturated heterocycles. The second-order valence-electron chi connectivity index (χ2n) is 3.20. The molecule has 6 heteroatoms. The summed E-state index contributed by atoms with van der Waals surface area (Å²) < 4.78 is 5.39. The van der Waals surface area contributed by atoms with Crippen LogP contribution < -0.4 is 5.32 Å². The maximum absolute atomic E-state index is 11.2. The number of aliphatic hydroxyl groups is 1. The van der Waals surface area contributed by atoms with E-state index in [0.717, 1.165) is 4.88 Å². The normalized spacial score (nSPS) is 12.4. The van der Waals surface area contributed by atoms with Crippen molar-refractivity contribution >= 4 is 28.8 Å². The summed E-state index contributed by atoms with van der Waals surface area (Å²) in [5.41, 5.74) is 0. The van der Waals surface area contributed by atoms with Gasteiger partial charge in [0.05, 0.1) is 10.9 Å². The van der Waals surface area contributed by atoms with Gasteiger partial charge in [-0.15, -0.1) is 11.3 Å². The minimum atomic E-state index is -0.705. The van der Waals surface area contributed by atoms with E-state index in [1.807, 2.05) is 0 Å². The lowest BCUT2D eigenvalue weighted by Crippen LogP contribution is -2.28. The third-order valence-electron chi connectivity index (χ3n) is 1.95. The minimum absolute atomic E-state index is 0.136. The SMILES string of the molecule is COCCC(=O)NC[C@@H](O)c1ccc(Cl)s1. The highest BCUT2D eigenvalue weighted by molar-refractivity contribution is 7.16. The summed E-state index contributed by atoms with van der Waals surface area (Å²) >= 11 is 7.04. The summed E-state index contributed by atoms with van der Waals surface area (Å²) in [4.78, 5) is 12.0. The van der Waals surface area contributed by atoms with Crippen molar-refractivity contribution in [3.63, 3.8) is 0 Å². The summed E-state index contributed by atoms with van der Waals surface area (Å²) in [6.07, 6.45) is -0.405. The Morgan fingerprint density at radius 1 is 1.69 bits per heavy atom. The van der Waals surface area contributed by atoms with Gasteiger partial charge in [0, 0.05) is 25.0 Å². The van der Waals surface area contributed by atoms with Crippen LogP contribution in [0.15, 0.2) is 12.1 Å². The highest BCUT2D eigenvalue weighted by Gasteiger charge is 2.11. The highest BCUT2D eigenvalue weighted by atomic mass is 35.5. The zero-order chi connectivity index (χ0) is 12.0. The number of hydrogen-bond donors (Lipinski definition) is 2. The largest absolute Gasteiger partial charge is 0.386 e. The number of amides is 1. The average molecular weight is 264 g/mol. The van der Waals surface area contributed by atoms with E-state index < -0.39 is 6.10 Å². The molecule has 0 spiro atoms. The summed E-state index contributed by atoms with van der Waals surface area (Å²) in [5, 5.41) is 12.3. The van der Waals surface area contributed by atoms with Crippen LogP contribution in [-0.4, -0.2) is 31.3 Å². The molecule has 90 valence electrons. The minimum Gasteiger partial charge on any atom is -0.386 e. The molecular weight excluding hydrogens is 250 g/mol. The number of methoxy groups -OCH3 is 1. The second-order valence-corrected chi connectivity index (χ2v) is 4.95. The zero-order valence-corrected chi connectivity index (χ0v) is 10.5. The molecule has 1 heterocycles. The van der Waals surface area contributed by atoms with Crippen molar-refractivity contribution in [2.45, 2.75) is 12.5 Å². The van der Waals surface area contributed by atoms with E-state index in [1.54, 1.807) is 12.1 Å². The van der Waals surface area contributed by atoms with Crippen molar-refractivity contribution in [3.05, 3.63) is 21.3 Å². The standard InChI is InChI=1S/C10H14ClNO3S/c1-15-5-4-10(14)12-6-7(13)8-2-3-9(11)16-8/h2-3,7,13H,4-6H2,1H3,(H,12,14)/t7-/m1/s1. The van der Waals surface area contributed by atoms with Crippen LogP contribution in [0, 0.1) is 0 Å². The van der Waals surface area contributed by atoms with E-state index in [0.29, 0.717) is 17.4 Å². The molecule has 1 aromatic rings. The van der Waals surface area contributed by atoms with Gasteiger partial charge in [0.2, 0.25) is 5.91 Å². The van der Waals surface area contributed by atoms with Gasteiger partial charge >= 0.3 is 0 Å². The van der Waals surface area contributed by atoms with Crippen LogP contribution in [0.25, 0.3) is 0 Å². The zero-order valence-electron chi connectivity index (χ0n) is 8.90. The van der Waals surface area contributed by atoms with Crippen molar-refractivity contribution < 1.29 is 14.6 Å². The number of halogens is 1. The fourth-order valence-electron chi connectivity index (χ4n) is 1.10. The molecule has 0 saturated carbocycles. The van der Waals surface area contributed by atoms with Gasteiger partial charge in [0.15, 0.2) is 0 Å². The third-order valence-corrected chi connectivity index (χ3v) is 3.28. The van der Waals surface area contributed by atoms with Crippen molar-refractivity contribution in [1.29, 1.82) is 0 Å². The fraction of sp³-hybridized carbons (Fsp3) is 0.500. The summed E-state index contributed by atoms with van der Waals surface area (Å²) in [7, 11) is 1.54. The Bertz CT molecular complexity index is 343. The number of carbonyl (C=O) groups excluding carboxylic acids is 1. The second kappa shape index (κ2) is 6.85. The highest BCUT2D eigenvalue weighted by Crippen LogP contribution is 2.26. The molecule has 1 atom stereocenters. The number of hydrogen-bond acceptors (Lipinski definition) is 4. The molecule has 0 aliphatic rings. The molecule has 1 amide bonds. The summed E-state index contributed by atoms with van der Waals surface area (Å²) in [5.74, 6) is -0.136. The van der Waals surface area contributed by atoms with E-state index >= 15 is 0 Å². The molecule has 0 radical (unpaired) electrons. The van der Waals surface area contributed by atoms with Crippen LogP contribution in [0.5, 0.6) is 0 Å². The summed E-state index contributed by atoms with van der Waals surface area (Å²) in [6.45, 7) is 0.576. The van der Waals surface area contributed by atoms with Gasteiger partial charge in [-0.2, -0.15) is 0 Å². The van der Waals surface area contributed by atoms with Crippen molar-refractivity contribution in [3.8, 4) is 0 Å². The Hall–Kier alpha value is -0.620. The summed E-state index contributed by atoms with van der Waals surface area (Å²) in [6, 6.07) is 3.47. The van der Waals surface area contributed by atoms with Crippen LogP contribution in [0.4, 0.5) is 0 Å². The van der Waals surface area contributed by atoms with E-state index in [-0.39, 0.29) is 12.5 Å². The first-order valence-electron chi connectivity index (χ1n) is 4.82. The van der Waals surface area contributed by atoms with Gasteiger partial charge in [-0.05, 0) is 12.1 Å². The molecular formula is C10H14ClNO3S. The molecule has 1 rings (SSSR count). The van der Waals surface area contributed by atoms with E-state index in [4.69, 9.17) is 16.3 Å². The van der Waals surface area contributed by atoms with Crippen LogP contribution >= 0.6 is 22.9 Å². The molecule has 0 fully saturated rings. The first-order valence-corrected chi connectivity index (χ1v) is 6.02. The van der Waals surface area contributed by atoms with Crippen molar-refractivity contribution in [2.75, 3.05) is 20.3 Å². The predicted molar refractivity (Wildman–Crippen MR) is 63.8 cm³/mol. The van der Waals surface area contributed by atoms with Crippen molar-refractivity contribution in [2.24, 2.45) is 0 Å². The number of thiophene rings is 1. The quantitative estimate of drug-likeness (QED) is 0.819. The number of carbonyl (C=O) groups is 1. The maximum Gasteiger partial charge on any atom is 0.222 e. The number of rotatable bonds is 6. The molecule has 0 aliphatic heterocycles. The van der Waals surface area contributed by atoms with Crippen LogP contribution in [-0.2, 0) is 9.53 Å². The smallest absolute Gasteiger partial charge is 0.222 e. The topological polar surface area (TPSA) is 58.6 Å². The predicted octanol–water partition coefficient (Wildman–Crippen LogP) is 1.59. The molecule has 0 aromatic carbocycles. The molecule has 0 aliphatic carbocycles. The first-order chi connectivity index (χ1) is 7.63. The van der Waals surface area contributed by atoms with Crippen LogP contribution in [0.2, 0.25) is 4.34 Å². The monoisotopic (exact) mass is 263 g/mol. The Morgan fingerprint density at radius 3 is 3.00 bits per heavy atom. The number of nitrogens with one attached hydrogen (secondary N) is 1. The van der Waals surface area contributed by atoms with Gasteiger partial charge in [-0.25, -0.2) is 0 Å². The van der Waals surface area contributed by atoms with Gasteiger partial charge < -0.3 is 15.2 Å². The lowest BCUT2D eigenvalue weighted by atomic mass is 10.3. The van der Waals surface area contributed by atoms with Gasteiger partial charge in [0.25, 0.3) is 0 Å². The number of aliphatic hydroxyl groups excluding tert-OH is 1. The first kappa shape index (κ1) is 13.4. The molecule has 0 bridgehead atoms. The molecule has 4 nitrogen and oxygen atoms in total. The Labute approximate surface area is 103 Å². The van der Waals surface area contributed by atoms with Crippen LogP contribution in [0.3, 0.4) is 0 Å². The van der Waals surface area contributed by atoms with Gasteiger partial charge in [0.1, 0.15) is 6.10 Å². The van der Waals surface area contributed by atoms with E-state index in [9.17, 15) is 9.90 Å². The van der Waals surface area contributed by atoms with Gasteiger partial charge in [-0.3, -0.25) is 4.79 Å². The maximum atomic E-state index is 11.2. The average Bonchev–Trinajstić information content (AvgIpc) is 2.69. The van der Waals surface area contributed by atoms with E-state index in [2.05, 4.69) is 5.32 Å². The Kier molecular flexibility index (Phi) is 5.76. The van der Waals surface area contributed by atoms with Gasteiger partial charge in [-0.1, -0.05) is 11.6 Å². The molecule has 2 N–H and O–H groups in total. The van der Waals surface area contributed by atoms with Crippen molar-refractivity contribution in [1.82, 2.24) is 5.32 Å². The van der Waals surface area contributed by atoms with E-state index in [1.165, 1.54) is 18.4 Å². The Balaban J connectivity index is 2.29. The molecule has 16 heavy (non-hydrogen) atoms. The van der Waals surface area contributed by atoms with Crippen LogP contribution in [0.1, 0.15) is 17.4 Å².